The van der Waals surface area contributed by atoms with Crippen LogP contribution in [0.1, 0.15) is 60.3 Å². The van der Waals surface area contributed by atoms with Gasteiger partial charge >= 0.3 is 0 Å². The van der Waals surface area contributed by atoms with Crippen molar-refractivity contribution in [3.05, 3.63) is 11.6 Å². The van der Waals surface area contributed by atoms with Crippen molar-refractivity contribution in [1.29, 1.82) is 0 Å². The van der Waals surface area contributed by atoms with Gasteiger partial charge in [-0.3, -0.25) is 0 Å². The first kappa shape index (κ1) is 12.7. The zero-order valence-electron chi connectivity index (χ0n) is 12.6. The minimum absolute atomic E-state index is 0.0586. The summed E-state index contributed by atoms with van der Waals surface area (Å²) in [7, 11) is 0. The molecule has 0 amide bonds. The number of rotatable bonds is 1. The summed E-state index contributed by atoms with van der Waals surface area (Å²) in [5, 5.41) is 10.3. The molecule has 1 spiro atoms. The van der Waals surface area contributed by atoms with Gasteiger partial charge < -0.3 is 5.11 Å². The molecule has 1 N–H and O–H groups in total. The Labute approximate surface area is 112 Å². The van der Waals surface area contributed by atoms with E-state index in [4.69, 9.17) is 0 Å². The highest BCUT2D eigenvalue weighted by atomic mass is 16.3. The van der Waals surface area contributed by atoms with Crippen LogP contribution in [0.25, 0.3) is 0 Å². The van der Waals surface area contributed by atoms with E-state index >= 15 is 0 Å². The zero-order chi connectivity index (χ0) is 13.3. The lowest BCUT2D eigenvalue weighted by atomic mass is 9.35. The van der Waals surface area contributed by atoms with Gasteiger partial charge in [0, 0.05) is 5.41 Å². The fourth-order valence-corrected chi connectivity index (χ4v) is 5.12. The number of aliphatic hydroxyl groups excluding tert-OH is 1. The molecule has 0 heterocycles. The average Bonchev–Trinajstić information content (AvgIpc) is 2.25. The predicted molar refractivity (Wildman–Crippen MR) is 75.2 cm³/mol. The molecule has 18 heavy (non-hydrogen) atoms. The Morgan fingerprint density at radius 2 is 2.00 bits per heavy atom. The first-order valence-corrected chi connectivity index (χ1v) is 7.63. The van der Waals surface area contributed by atoms with Crippen LogP contribution in [0.15, 0.2) is 11.6 Å². The highest BCUT2D eigenvalue weighted by Crippen LogP contribution is 2.73. The molecule has 2 fully saturated rings. The van der Waals surface area contributed by atoms with E-state index in [0.29, 0.717) is 16.7 Å². The van der Waals surface area contributed by atoms with Crippen LogP contribution in [-0.2, 0) is 0 Å². The van der Waals surface area contributed by atoms with E-state index in [2.05, 4.69) is 33.8 Å². The number of hydrogen-bond acceptors (Lipinski definition) is 1. The second kappa shape index (κ2) is 3.42. The van der Waals surface area contributed by atoms with Crippen LogP contribution < -0.4 is 0 Å². The van der Waals surface area contributed by atoms with E-state index in [1.807, 2.05) is 6.92 Å². The molecule has 2 saturated carbocycles. The molecule has 3 aliphatic rings. The van der Waals surface area contributed by atoms with Gasteiger partial charge in [-0.1, -0.05) is 39.3 Å². The fraction of sp³-hybridized carbons (Fsp3) is 0.882. The summed E-state index contributed by atoms with van der Waals surface area (Å²) in [4.78, 5) is 0. The van der Waals surface area contributed by atoms with Gasteiger partial charge in [0.2, 0.25) is 0 Å². The normalized spacial score (nSPS) is 50.9. The van der Waals surface area contributed by atoms with Crippen LogP contribution in [0.4, 0.5) is 0 Å². The van der Waals surface area contributed by atoms with Crippen LogP contribution in [0.3, 0.4) is 0 Å². The molecule has 0 radical (unpaired) electrons. The van der Waals surface area contributed by atoms with Crippen molar-refractivity contribution in [2.45, 2.75) is 66.4 Å². The monoisotopic (exact) mass is 248 g/mol. The maximum absolute atomic E-state index is 10.3. The van der Waals surface area contributed by atoms with Gasteiger partial charge in [0.1, 0.15) is 0 Å². The molecule has 0 aliphatic heterocycles. The van der Waals surface area contributed by atoms with Crippen LogP contribution in [-0.4, -0.2) is 11.2 Å². The average molecular weight is 248 g/mol. The number of allylic oxidation sites excluding steroid dienone is 2. The summed E-state index contributed by atoms with van der Waals surface area (Å²) in [5.41, 5.74) is 2.64. The Bertz CT molecular complexity index is 406. The summed E-state index contributed by atoms with van der Waals surface area (Å²) in [6.45, 7) is 11.5. The van der Waals surface area contributed by atoms with Crippen LogP contribution in [0.2, 0.25) is 0 Å². The molecular weight excluding hydrogens is 220 g/mol. The largest absolute Gasteiger partial charge is 0.393 e. The molecule has 3 rings (SSSR count). The maximum Gasteiger partial charge on any atom is 0.0571 e. The molecule has 3 unspecified atom stereocenters. The lowest BCUT2D eigenvalue weighted by molar-refractivity contribution is -0.122. The number of fused-ring (bicyclic) bond motifs is 2. The van der Waals surface area contributed by atoms with Crippen LogP contribution in [0, 0.1) is 28.1 Å². The van der Waals surface area contributed by atoms with E-state index in [9.17, 15) is 5.11 Å². The molecule has 1 nitrogen and oxygen atoms in total. The van der Waals surface area contributed by atoms with Crippen molar-refractivity contribution in [1.82, 2.24) is 0 Å². The molecule has 2 bridgehead atoms. The zero-order valence-corrected chi connectivity index (χ0v) is 12.6. The summed E-state index contributed by atoms with van der Waals surface area (Å²) in [5.74, 6) is 1.39. The highest BCUT2D eigenvalue weighted by molar-refractivity contribution is 5.38. The summed E-state index contributed by atoms with van der Waals surface area (Å²) < 4.78 is 0. The van der Waals surface area contributed by atoms with Crippen molar-refractivity contribution < 1.29 is 5.11 Å². The maximum atomic E-state index is 10.3. The van der Waals surface area contributed by atoms with Gasteiger partial charge in [-0.05, 0) is 55.3 Å². The molecular formula is C17H28O. The fourth-order valence-electron chi connectivity index (χ4n) is 5.12. The minimum Gasteiger partial charge on any atom is -0.393 e. The third-order valence-electron chi connectivity index (χ3n) is 7.11. The highest BCUT2D eigenvalue weighted by Gasteiger charge is 2.65. The smallest absolute Gasteiger partial charge is 0.0571 e. The number of hydrogen-bond donors (Lipinski definition) is 1. The lowest BCUT2D eigenvalue weighted by Gasteiger charge is -2.69. The molecule has 3 aliphatic carbocycles. The standard InChI is InChI=1S/C17H28O/c1-11-8-14-13-6-7-15(3,4)17(14,9-13)10-16(11,5)12(2)18/h8,11-13,18H,6-7,9-10H2,1-5H3/t11?,12?,13-,16?,17-/m0/s1. The van der Waals surface area contributed by atoms with Gasteiger partial charge in [-0.25, -0.2) is 0 Å². The van der Waals surface area contributed by atoms with Gasteiger partial charge in [-0.2, -0.15) is 0 Å². The summed E-state index contributed by atoms with van der Waals surface area (Å²) >= 11 is 0. The molecule has 0 aromatic rings. The van der Waals surface area contributed by atoms with Crippen molar-refractivity contribution >= 4 is 0 Å². The Balaban J connectivity index is 2.06. The first-order chi connectivity index (χ1) is 8.23. The number of aliphatic hydroxyl groups is 1. The van der Waals surface area contributed by atoms with E-state index in [0.717, 1.165) is 5.92 Å². The Hall–Kier alpha value is -0.300. The SMILES string of the molecule is CC(O)C1(C)C[C@]23C[C@H](CCC2(C)C)C3=CC1C. The van der Waals surface area contributed by atoms with E-state index in [1.165, 1.54) is 25.7 Å². The van der Waals surface area contributed by atoms with Crippen LogP contribution >= 0.6 is 0 Å². The third-order valence-corrected chi connectivity index (χ3v) is 7.11. The van der Waals surface area contributed by atoms with Gasteiger partial charge in [0.25, 0.3) is 0 Å². The first-order valence-electron chi connectivity index (χ1n) is 7.63. The minimum atomic E-state index is -0.212. The molecule has 102 valence electrons. The Morgan fingerprint density at radius 1 is 1.33 bits per heavy atom. The Kier molecular flexibility index (Phi) is 2.42. The van der Waals surface area contributed by atoms with E-state index in [-0.39, 0.29) is 11.5 Å². The van der Waals surface area contributed by atoms with Gasteiger partial charge in [-0.15, -0.1) is 0 Å². The van der Waals surface area contributed by atoms with E-state index in [1.54, 1.807) is 5.57 Å². The second-order valence-corrected chi connectivity index (χ2v) is 8.17. The molecule has 0 aromatic carbocycles. The molecule has 0 saturated heterocycles. The lowest BCUT2D eigenvalue weighted by Crippen LogP contribution is -2.61. The van der Waals surface area contributed by atoms with Gasteiger partial charge in [0.15, 0.2) is 0 Å². The van der Waals surface area contributed by atoms with Crippen molar-refractivity contribution in [3.8, 4) is 0 Å². The summed E-state index contributed by atoms with van der Waals surface area (Å²) in [6, 6.07) is 0. The van der Waals surface area contributed by atoms with Crippen LogP contribution in [0.5, 0.6) is 0 Å². The molecule has 0 aromatic heterocycles. The summed E-state index contributed by atoms with van der Waals surface area (Å²) in [6.07, 6.45) is 7.63. The topological polar surface area (TPSA) is 20.2 Å². The van der Waals surface area contributed by atoms with E-state index < -0.39 is 0 Å². The second-order valence-electron chi connectivity index (χ2n) is 8.17. The van der Waals surface area contributed by atoms with Crippen molar-refractivity contribution in [2.75, 3.05) is 0 Å². The van der Waals surface area contributed by atoms with Gasteiger partial charge in [0.05, 0.1) is 6.10 Å². The quantitative estimate of drug-likeness (QED) is 0.691. The predicted octanol–water partition coefficient (Wildman–Crippen LogP) is 4.17. The molecule has 1 heteroatoms. The van der Waals surface area contributed by atoms with Crippen molar-refractivity contribution in [3.63, 3.8) is 0 Å². The third kappa shape index (κ3) is 1.27. The Morgan fingerprint density at radius 3 is 2.56 bits per heavy atom. The molecule has 5 atom stereocenters. The van der Waals surface area contributed by atoms with Crippen molar-refractivity contribution in [2.24, 2.45) is 28.1 Å².